The number of ether oxygens (including phenoxy) is 2. The topological polar surface area (TPSA) is 211 Å². The number of aliphatic carboxylic acids is 2. The zero-order valence-electron chi connectivity index (χ0n) is 21.5. The molecule has 0 spiro atoms. The molecule has 2 rings (SSSR count). The van der Waals surface area contributed by atoms with Crippen molar-refractivity contribution in [1.29, 1.82) is 0 Å². The van der Waals surface area contributed by atoms with Crippen LogP contribution in [0.25, 0.3) is 0 Å². The zero-order chi connectivity index (χ0) is 27.0. The van der Waals surface area contributed by atoms with Crippen molar-refractivity contribution in [2.24, 2.45) is 0 Å². The largest absolute Gasteiger partial charge is 1.00 e. The molecule has 0 aromatic carbocycles. The standard InChI is InChI=1S/C21H27N3O11S.2Na/c1-3-34-21(33)22-12(19(29)30)5-4-6-13(26)23-15-17(28)24-16(20(31)32)11(9-36-18(15)24)8-35-14(27)7-10(2)25;;/h12,15,18H,3-9H2,1-2H3,(H,22,33)(H,23,26)(H,29,30)(H,31,32);;/q;2*+1/p-2/t12?,15-,18+;;/m1../s1. The van der Waals surface area contributed by atoms with Crippen LogP contribution in [-0.4, -0.2) is 82.9 Å². The van der Waals surface area contributed by atoms with E-state index in [-0.39, 0.29) is 96.3 Å². The fourth-order valence-electron chi connectivity index (χ4n) is 3.48. The fraction of sp³-hybridized carbons (Fsp3) is 0.571. The van der Waals surface area contributed by atoms with Gasteiger partial charge >= 0.3 is 71.2 Å². The summed E-state index contributed by atoms with van der Waals surface area (Å²) in [6.45, 7) is 2.35. The van der Waals surface area contributed by atoms with E-state index < -0.39 is 77.8 Å². The van der Waals surface area contributed by atoms with Crippen LogP contribution < -0.4 is 80.0 Å². The first kappa shape index (κ1) is 36.4. The van der Waals surface area contributed by atoms with E-state index in [4.69, 9.17) is 4.74 Å². The Hall–Kier alpha value is -1.62. The zero-order valence-corrected chi connectivity index (χ0v) is 26.3. The minimum absolute atomic E-state index is 0. The molecule has 198 valence electrons. The van der Waals surface area contributed by atoms with E-state index in [1.807, 2.05) is 0 Å². The molecule has 0 aliphatic carbocycles. The molecule has 3 amide bonds. The third-order valence-corrected chi connectivity index (χ3v) is 6.45. The Bertz CT molecular complexity index is 991. The van der Waals surface area contributed by atoms with Gasteiger partial charge in [-0.3, -0.25) is 24.1 Å². The molecule has 0 radical (unpaired) electrons. The van der Waals surface area contributed by atoms with E-state index in [9.17, 15) is 43.8 Å². The second kappa shape index (κ2) is 17.2. The number of hydrogen-bond acceptors (Lipinski definition) is 12. The molecule has 2 aliphatic rings. The maximum atomic E-state index is 12.6. The fourth-order valence-corrected chi connectivity index (χ4v) is 4.81. The van der Waals surface area contributed by atoms with Crippen LogP contribution in [0.15, 0.2) is 11.3 Å². The van der Waals surface area contributed by atoms with Crippen LogP contribution in [0.2, 0.25) is 0 Å². The quantitative estimate of drug-likeness (QED) is 0.0910. The number of hydrogen-bond donors (Lipinski definition) is 2. The average Bonchev–Trinajstić information content (AvgIpc) is 2.79. The second-order valence-electron chi connectivity index (χ2n) is 7.86. The molecule has 0 saturated carbocycles. The maximum absolute atomic E-state index is 12.6. The molecule has 38 heavy (non-hydrogen) atoms. The van der Waals surface area contributed by atoms with Gasteiger partial charge in [-0.05, 0) is 26.7 Å². The molecule has 1 saturated heterocycles. The number of carboxylic acid groups (broad SMARTS) is 2. The number of carboxylic acids is 2. The number of nitrogens with zero attached hydrogens (tertiary/aromatic N) is 1. The van der Waals surface area contributed by atoms with Gasteiger partial charge in [0.25, 0.3) is 5.91 Å². The van der Waals surface area contributed by atoms with Gasteiger partial charge in [0.2, 0.25) is 5.91 Å². The van der Waals surface area contributed by atoms with Crippen molar-refractivity contribution in [3.05, 3.63) is 11.3 Å². The van der Waals surface area contributed by atoms with Gasteiger partial charge in [0, 0.05) is 17.7 Å². The van der Waals surface area contributed by atoms with E-state index >= 15 is 0 Å². The summed E-state index contributed by atoms with van der Waals surface area (Å²) in [5, 5.41) is 26.7. The molecule has 14 nitrogen and oxygen atoms in total. The van der Waals surface area contributed by atoms with Crippen LogP contribution in [-0.2, 0) is 38.2 Å². The summed E-state index contributed by atoms with van der Waals surface area (Å²) in [7, 11) is 0. The van der Waals surface area contributed by atoms with E-state index in [0.717, 1.165) is 16.7 Å². The van der Waals surface area contributed by atoms with Crippen LogP contribution in [0.3, 0.4) is 0 Å². The van der Waals surface area contributed by atoms with Gasteiger partial charge in [-0.25, -0.2) is 4.79 Å². The Morgan fingerprint density at radius 3 is 2.34 bits per heavy atom. The first-order chi connectivity index (χ1) is 17.0. The van der Waals surface area contributed by atoms with Crippen molar-refractivity contribution >= 4 is 53.4 Å². The molecule has 0 bridgehead atoms. The van der Waals surface area contributed by atoms with Crippen LogP contribution in [0, 0.1) is 0 Å². The predicted molar refractivity (Wildman–Crippen MR) is 116 cm³/mol. The predicted octanol–water partition coefficient (Wildman–Crippen LogP) is -9.04. The molecule has 1 fully saturated rings. The Labute approximate surface area is 266 Å². The number of nitrogens with one attached hydrogen (secondary N) is 2. The summed E-state index contributed by atoms with van der Waals surface area (Å²) >= 11 is 1.14. The summed E-state index contributed by atoms with van der Waals surface area (Å²) in [6, 6.07) is -2.39. The number of amides is 3. The SMILES string of the molecule is CCOC(=O)NC(CCCC(=O)N[C@@H]1C(=O)N2C(C(=O)[O-])=C(COC(=O)CC(C)=O)CS[C@@H]12)C(=O)[O-].[Na+].[Na+]. The van der Waals surface area contributed by atoms with E-state index in [2.05, 4.69) is 15.4 Å². The summed E-state index contributed by atoms with van der Waals surface area (Å²) < 4.78 is 9.52. The van der Waals surface area contributed by atoms with Gasteiger partial charge in [-0.15, -0.1) is 11.8 Å². The van der Waals surface area contributed by atoms with Crippen LogP contribution in [0.1, 0.15) is 39.5 Å². The number of thioether (sulfide) groups is 1. The molecular formula is C21H25N3Na2O11S. The molecular weight excluding hydrogens is 548 g/mol. The molecule has 2 heterocycles. The Morgan fingerprint density at radius 2 is 1.79 bits per heavy atom. The number of alkyl carbamates (subject to hydrolysis) is 1. The van der Waals surface area contributed by atoms with Crippen molar-refractivity contribution in [2.45, 2.75) is 57.0 Å². The molecule has 17 heteroatoms. The van der Waals surface area contributed by atoms with E-state index in [1.54, 1.807) is 6.92 Å². The average molecular weight is 573 g/mol. The van der Waals surface area contributed by atoms with Gasteiger partial charge in [-0.2, -0.15) is 0 Å². The maximum Gasteiger partial charge on any atom is 1.00 e. The van der Waals surface area contributed by atoms with Crippen LogP contribution in [0.5, 0.6) is 0 Å². The van der Waals surface area contributed by atoms with Gasteiger partial charge in [-0.1, -0.05) is 0 Å². The number of carbonyl (C=O) groups excluding carboxylic acids is 7. The normalized spacial score (nSPS) is 18.4. The molecule has 2 N–H and O–H groups in total. The van der Waals surface area contributed by atoms with Gasteiger partial charge in [0.1, 0.15) is 30.2 Å². The number of fused-ring (bicyclic) bond motifs is 1. The molecule has 0 aromatic heterocycles. The van der Waals surface area contributed by atoms with Crippen molar-refractivity contribution in [2.75, 3.05) is 19.0 Å². The first-order valence-electron chi connectivity index (χ1n) is 10.9. The summed E-state index contributed by atoms with van der Waals surface area (Å²) in [5.74, 6) is -5.67. The van der Waals surface area contributed by atoms with Crippen molar-refractivity contribution in [1.82, 2.24) is 15.5 Å². The Balaban J connectivity index is 0.00000684. The summed E-state index contributed by atoms with van der Waals surface area (Å²) in [4.78, 5) is 82.7. The molecule has 2 aliphatic heterocycles. The molecule has 1 unspecified atom stereocenters. The van der Waals surface area contributed by atoms with Crippen molar-refractivity contribution in [3.63, 3.8) is 0 Å². The molecule has 3 atom stereocenters. The smallest absolute Gasteiger partial charge is 0.548 e. The minimum Gasteiger partial charge on any atom is -0.548 e. The second-order valence-corrected chi connectivity index (χ2v) is 8.97. The van der Waals surface area contributed by atoms with Crippen LogP contribution in [0.4, 0.5) is 4.79 Å². The number of Topliss-reactive ketones (excluding diaryl/α,β-unsaturated/α-hetero) is 1. The Morgan fingerprint density at radius 1 is 1.13 bits per heavy atom. The minimum atomic E-state index is -1.65. The van der Waals surface area contributed by atoms with Crippen molar-refractivity contribution < 1.29 is 112 Å². The number of β-lactam (4-membered cyclic amide) rings is 1. The third-order valence-electron chi connectivity index (χ3n) is 5.11. The number of rotatable bonds is 13. The van der Waals surface area contributed by atoms with E-state index in [1.165, 1.54) is 6.92 Å². The van der Waals surface area contributed by atoms with Gasteiger partial charge < -0.3 is 39.9 Å². The number of ketones is 1. The molecule has 0 aromatic rings. The van der Waals surface area contributed by atoms with E-state index in [0.29, 0.717) is 0 Å². The van der Waals surface area contributed by atoms with Crippen molar-refractivity contribution in [3.8, 4) is 0 Å². The first-order valence-corrected chi connectivity index (χ1v) is 12.0. The summed E-state index contributed by atoms with van der Waals surface area (Å²) in [5.41, 5.74) is -0.333. The van der Waals surface area contributed by atoms with Crippen LogP contribution >= 0.6 is 11.8 Å². The number of esters is 1. The summed E-state index contributed by atoms with van der Waals surface area (Å²) in [6.07, 6.45) is -1.66. The Kier molecular flexibility index (Phi) is 16.4. The monoisotopic (exact) mass is 573 g/mol. The number of carbonyl (C=O) groups is 7. The third kappa shape index (κ3) is 10.2. The van der Waals surface area contributed by atoms with Gasteiger partial charge in [0.15, 0.2) is 0 Å². The van der Waals surface area contributed by atoms with Gasteiger partial charge in [0.05, 0.1) is 30.3 Å².